The van der Waals surface area contributed by atoms with Crippen molar-refractivity contribution >= 4 is 5.91 Å². The van der Waals surface area contributed by atoms with Gasteiger partial charge < -0.3 is 10.6 Å². The highest BCUT2D eigenvalue weighted by molar-refractivity contribution is 5.76. The van der Waals surface area contributed by atoms with Crippen LogP contribution in [-0.2, 0) is 4.79 Å². The lowest BCUT2D eigenvalue weighted by Gasteiger charge is -2.26. The van der Waals surface area contributed by atoms with Gasteiger partial charge in [0.2, 0.25) is 5.91 Å². The summed E-state index contributed by atoms with van der Waals surface area (Å²) in [5.74, 6) is -0.0638. The molecular formula is C7H13N2O. The second-order valence-electron chi connectivity index (χ2n) is 2.79. The van der Waals surface area contributed by atoms with E-state index in [1.807, 2.05) is 4.90 Å². The number of nitrogens with zero attached hydrogens (tertiary/aromatic N) is 1. The Labute approximate surface area is 61.2 Å². The number of amides is 1. The zero-order valence-corrected chi connectivity index (χ0v) is 6.05. The van der Waals surface area contributed by atoms with E-state index in [1.54, 1.807) is 0 Å². The molecule has 1 rings (SSSR count). The summed E-state index contributed by atoms with van der Waals surface area (Å²) in [7, 11) is 3.77. The second-order valence-corrected chi connectivity index (χ2v) is 2.79. The molecule has 1 amide bonds. The number of carbonyl (C=O) groups excluding carboxylic acids is 1. The van der Waals surface area contributed by atoms with Gasteiger partial charge in [-0.05, 0) is 25.9 Å². The van der Waals surface area contributed by atoms with Crippen molar-refractivity contribution in [3.05, 3.63) is 7.05 Å². The highest BCUT2D eigenvalue weighted by atomic mass is 16.1. The lowest BCUT2D eigenvalue weighted by atomic mass is 9.97. The van der Waals surface area contributed by atoms with Crippen molar-refractivity contribution < 1.29 is 4.79 Å². The molecule has 3 heteroatoms. The molecule has 0 aromatic rings. The summed E-state index contributed by atoms with van der Waals surface area (Å²) in [6, 6.07) is 0. The predicted molar refractivity (Wildman–Crippen MR) is 38.8 cm³/mol. The van der Waals surface area contributed by atoms with Crippen molar-refractivity contribution in [2.45, 2.75) is 12.8 Å². The average Bonchev–Trinajstić information content (AvgIpc) is 1.88. The Balaban J connectivity index is 2.33. The fourth-order valence-corrected chi connectivity index (χ4v) is 1.22. The topological polar surface area (TPSA) is 46.3 Å². The van der Waals surface area contributed by atoms with Gasteiger partial charge in [-0.15, -0.1) is 0 Å². The molecule has 0 bridgehead atoms. The van der Waals surface area contributed by atoms with Gasteiger partial charge in [-0.3, -0.25) is 4.79 Å². The van der Waals surface area contributed by atoms with E-state index in [0.29, 0.717) is 0 Å². The summed E-state index contributed by atoms with van der Waals surface area (Å²) in [6.07, 6.45) is 1.75. The van der Waals surface area contributed by atoms with Gasteiger partial charge >= 0.3 is 0 Å². The van der Waals surface area contributed by atoms with Crippen LogP contribution in [0.1, 0.15) is 12.8 Å². The predicted octanol–water partition coefficient (Wildman–Crippen LogP) is -0.0247. The van der Waals surface area contributed by atoms with Crippen LogP contribution in [0.2, 0.25) is 0 Å². The third kappa shape index (κ3) is 1.70. The number of nitrogens with two attached hydrogens (primary N) is 1. The lowest BCUT2D eigenvalue weighted by Crippen LogP contribution is -2.35. The van der Waals surface area contributed by atoms with Crippen LogP contribution in [0.15, 0.2) is 0 Å². The van der Waals surface area contributed by atoms with Gasteiger partial charge in [0.05, 0.1) is 0 Å². The molecule has 1 aliphatic rings. The third-order valence-electron chi connectivity index (χ3n) is 1.99. The first-order valence-corrected chi connectivity index (χ1v) is 3.55. The SMILES string of the molecule is [CH2]N1CCC(C(N)=O)CC1. The molecule has 1 aliphatic heterocycles. The molecule has 0 saturated carbocycles. The molecule has 1 saturated heterocycles. The number of carbonyl (C=O) groups is 1. The van der Waals surface area contributed by atoms with Crippen LogP contribution in [0.5, 0.6) is 0 Å². The summed E-state index contributed by atoms with van der Waals surface area (Å²) in [6.45, 7) is 1.79. The van der Waals surface area contributed by atoms with E-state index in [2.05, 4.69) is 7.05 Å². The Kier molecular flexibility index (Phi) is 2.27. The van der Waals surface area contributed by atoms with E-state index < -0.39 is 0 Å². The van der Waals surface area contributed by atoms with Crippen LogP contribution in [-0.4, -0.2) is 23.9 Å². The van der Waals surface area contributed by atoms with Crippen molar-refractivity contribution in [1.82, 2.24) is 4.90 Å². The Morgan fingerprint density at radius 2 is 2.00 bits per heavy atom. The first-order chi connectivity index (χ1) is 4.70. The maximum Gasteiger partial charge on any atom is 0.220 e. The lowest BCUT2D eigenvalue weighted by molar-refractivity contribution is -0.122. The van der Waals surface area contributed by atoms with Gasteiger partial charge in [-0.2, -0.15) is 0 Å². The van der Waals surface area contributed by atoms with Crippen molar-refractivity contribution in [2.75, 3.05) is 13.1 Å². The van der Waals surface area contributed by atoms with E-state index in [0.717, 1.165) is 25.9 Å². The number of likely N-dealkylation sites (tertiary alicyclic amines) is 1. The average molecular weight is 141 g/mol. The zero-order valence-electron chi connectivity index (χ0n) is 6.05. The molecule has 0 atom stereocenters. The van der Waals surface area contributed by atoms with Gasteiger partial charge in [-0.25, -0.2) is 0 Å². The Hall–Kier alpha value is -0.570. The minimum absolute atomic E-state index is 0.0954. The first kappa shape index (κ1) is 7.54. The zero-order chi connectivity index (χ0) is 7.56. The number of primary amides is 1. The van der Waals surface area contributed by atoms with E-state index in [9.17, 15) is 4.79 Å². The monoisotopic (exact) mass is 141 g/mol. The van der Waals surface area contributed by atoms with Gasteiger partial charge in [0.25, 0.3) is 0 Å². The molecule has 3 nitrogen and oxygen atoms in total. The standard InChI is InChI=1S/C7H13N2O/c1-9-4-2-6(3-5-9)7(8)10/h6H,1-5H2,(H2,8,10). The summed E-state index contributed by atoms with van der Waals surface area (Å²) < 4.78 is 0. The Morgan fingerprint density at radius 3 is 2.40 bits per heavy atom. The maximum atomic E-state index is 10.6. The minimum Gasteiger partial charge on any atom is -0.369 e. The highest BCUT2D eigenvalue weighted by Gasteiger charge is 2.20. The van der Waals surface area contributed by atoms with E-state index >= 15 is 0 Å². The quantitative estimate of drug-likeness (QED) is 0.557. The van der Waals surface area contributed by atoms with Crippen molar-refractivity contribution in [2.24, 2.45) is 11.7 Å². The van der Waals surface area contributed by atoms with Gasteiger partial charge in [0.1, 0.15) is 0 Å². The molecule has 57 valence electrons. The molecule has 2 N–H and O–H groups in total. The molecular weight excluding hydrogens is 128 g/mol. The molecule has 10 heavy (non-hydrogen) atoms. The molecule has 1 heterocycles. The maximum absolute atomic E-state index is 10.6. The number of rotatable bonds is 1. The van der Waals surface area contributed by atoms with Crippen LogP contribution < -0.4 is 5.73 Å². The molecule has 1 radical (unpaired) electrons. The largest absolute Gasteiger partial charge is 0.369 e. The number of hydrogen-bond donors (Lipinski definition) is 1. The van der Waals surface area contributed by atoms with Gasteiger partial charge in [0, 0.05) is 13.0 Å². The molecule has 0 aromatic heterocycles. The summed E-state index contributed by atoms with van der Waals surface area (Å²) in [5.41, 5.74) is 5.13. The van der Waals surface area contributed by atoms with Crippen molar-refractivity contribution in [3.8, 4) is 0 Å². The van der Waals surface area contributed by atoms with Gasteiger partial charge in [-0.1, -0.05) is 0 Å². The molecule has 0 spiro atoms. The van der Waals surface area contributed by atoms with Crippen LogP contribution in [0, 0.1) is 13.0 Å². The molecule has 1 fully saturated rings. The van der Waals surface area contributed by atoms with E-state index in [-0.39, 0.29) is 11.8 Å². The highest BCUT2D eigenvalue weighted by Crippen LogP contribution is 2.14. The van der Waals surface area contributed by atoms with Crippen molar-refractivity contribution in [1.29, 1.82) is 0 Å². The number of piperidine rings is 1. The van der Waals surface area contributed by atoms with Crippen LogP contribution in [0.3, 0.4) is 0 Å². The summed E-state index contributed by atoms with van der Waals surface area (Å²) in [4.78, 5) is 12.6. The van der Waals surface area contributed by atoms with Crippen LogP contribution >= 0.6 is 0 Å². The van der Waals surface area contributed by atoms with Crippen LogP contribution in [0.25, 0.3) is 0 Å². The van der Waals surface area contributed by atoms with Crippen molar-refractivity contribution in [3.63, 3.8) is 0 Å². The van der Waals surface area contributed by atoms with Gasteiger partial charge in [0.15, 0.2) is 0 Å². The second kappa shape index (κ2) is 3.01. The first-order valence-electron chi connectivity index (χ1n) is 3.55. The van der Waals surface area contributed by atoms with E-state index in [4.69, 9.17) is 5.73 Å². The Morgan fingerprint density at radius 1 is 1.50 bits per heavy atom. The minimum atomic E-state index is -0.159. The molecule has 0 aliphatic carbocycles. The summed E-state index contributed by atoms with van der Waals surface area (Å²) >= 11 is 0. The smallest absolute Gasteiger partial charge is 0.220 e. The fourth-order valence-electron chi connectivity index (χ4n) is 1.22. The van der Waals surface area contributed by atoms with Crippen LogP contribution in [0.4, 0.5) is 0 Å². The Bertz CT molecular complexity index is 128. The molecule has 0 aromatic carbocycles. The van der Waals surface area contributed by atoms with E-state index in [1.165, 1.54) is 0 Å². The fraction of sp³-hybridized carbons (Fsp3) is 0.714. The normalized spacial score (nSPS) is 22.9. The third-order valence-corrected chi connectivity index (χ3v) is 1.99. The summed E-state index contributed by atoms with van der Waals surface area (Å²) in [5, 5.41) is 0. The molecule has 0 unspecified atom stereocenters. The number of hydrogen-bond acceptors (Lipinski definition) is 2.